The van der Waals surface area contributed by atoms with Crippen molar-refractivity contribution in [2.75, 3.05) is 45.8 Å². The van der Waals surface area contributed by atoms with E-state index in [2.05, 4.69) is 10.2 Å². The summed E-state index contributed by atoms with van der Waals surface area (Å²) < 4.78 is 0. The molecule has 2 amide bonds. The van der Waals surface area contributed by atoms with Crippen LogP contribution in [-0.4, -0.2) is 84.4 Å². The number of carbonyl (C=O) groups excluding carboxylic acids is 2. The summed E-state index contributed by atoms with van der Waals surface area (Å²) in [4.78, 5) is 31.6. The van der Waals surface area contributed by atoms with Crippen molar-refractivity contribution < 1.29 is 9.59 Å². The van der Waals surface area contributed by atoms with Gasteiger partial charge >= 0.3 is 0 Å². The molecule has 3 saturated heterocycles. The molecule has 3 heterocycles. The molecule has 0 aromatic heterocycles. The Hall–Kier alpha value is -0.850. The van der Waals surface area contributed by atoms with E-state index in [9.17, 15) is 9.59 Å². The van der Waals surface area contributed by atoms with Gasteiger partial charge in [-0.2, -0.15) is 0 Å². The highest BCUT2D eigenvalue weighted by Crippen LogP contribution is 2.24. The van der Waals surface area contributed by atoms with Gasteiger partial charge in [-0.1, -0.05) is 13.8 Å². The molecule has 3 aliphatic heterocycles. The highest BCUT2D eigenvalue weighted by Gasteiger charge is 2.40. The Morgan fingerprint density at radius 1 is 1.04 bits per heavy atom. The molecule has 2 atom stereocenters. The molecule has 3 fully saturated rings. The van der Waals surface area contributed by atoms with Crippen LogP contribution in [0.5, 0.6) is 0 Å². The Labute approximate surface area is 151 Å². The third-order valence-corrected chi connectivity index (χ3v) is 5.46. The average molecular weight is 359 g/mol. The zero-order valence-electron chi connectivity index (χ0n) is 14.9. The van der Waals surface area contributed by atoms with Crippen molar-refractivity contribution in [1.29, 1.82) is 0 Å². The van der Waals surface area contributed by atoms with Crippen LogP contribution in [0.1, 0.15) is 33.1 Å². The number of piperazine rings is 1. The van der Waals surface area contributed by atoms with Gasteiger partial charge in [0.25, 0.3) is 0 Å². The van der Waals surface area contributed by atoms with Gasteiger partial charge < -0.3 is 15.1 Å². The van der Waals surface area contributed by atoms with Gasteiger partial charge in [0.1, 0.15) is 6.04 Å². The second kappa shape index (κ2) is 8.50. The molecule has 24 heavy (non-hydrogen) atoms. The van der Waals surface area contributed by atoms with E-state index < -0.39 is 0 Å². The molecule has 0 radical (unpaired) electrons. The summed E-state index contributed by atoms with van der Waals surface area (Å²) in [7, 11) is 0. The molecule has 3 aliphatic rings. The van der Waals surface area contributed by atoms with Crippen LogP contribution >= 0.6 is 12.4 Å². The number of rotatable bonds is 3. The fourth-order valence-electron chi connectivity index (χ4n) is 4.12. The van der Waals surface area contributed by atoms with Gasteiger partial charge in [0.15, 0.2) is 0 Å². The van der Waals surface area contributed by atoms with Gasteiger partial charge in [-0.3, -0.25) is 14.5 Å². The zero-order valence-corrected chi connectivity index (χ0v) is 15.7. The predicted molar refractivity (Wildman–Crippen MR) is 96.2 cm³/mol. The third-order valence-electron chi connectivity index (χ3n) is 5.46. The number of carbonyl (C=O) groups is 2. The lowest BCUT2D eigenvalue weighted by molar-refractivity contribution is -0.145. The number of nitrogens with zero attached hydrogens (tertiary/aromatic N) is 3. The number of hydrogen-bond donors (Lipinski definition) is 1. The topological polar surface area (TPSA) is 55.9 Å². The Bertz CT molecular complexity index is 454. The molecular weight excluding hydrogens is 328 g/mol. The Morgan fingerprint density at radius 3 is 2.42 bits per heavy atom. The van der Waals surface area contributed by atoms with E-state index in [0.29, 0.717) is 6.04 Å². The lowest BCUT2D eigenvalue weighted by Crippen LogP contribution is -2.51. The van der Waals surface area contributed by atoms with E-state index in [1.165, 1.54) is 0 Å². The second-order valence-electron chi connectivity index (χ2n) is 7.36. The normalized spacial score (nSPS) is 28.3. The van der Waals surface area contributed by atoms with Crippen molar-refractivity contribution in [2.24, 2.45) is 5.92 Å². The number of halogens is 1. The Kier molecular flexibility index (Phi) is 6.89. The van der Waals surface area contributed by atoms with Crippen molar-refractivity contribution >= 4 is 24.2 Å². The first kappa shape index (κ1) is 19.5. The van der Waals surface area contributed by atoms with Crippen molar-refractivity contribution in [3.8, 4) is 0 Å². The highest BCUT2D eigenvalue weighted by molar-refractivity contribution is 5.89. The molecule has 0 saturated carbocycles. The van der Waals surface area contributed by atoms with Crippen molar-refractivity contribution in [1.82, 2.24) is 20.0 Å². The molecular formula is C17H31ClN4O2. The quantitative estimate of drug-likeness (QED) is 0.801. The molecule has 0 aliphatic carbocycles. The Morgan fingerprint density at radius 2 is 1.75 bits per heavy atom. The molecule has 1 N–H and O–H groups in total. The summed E-state index contributed by atoms with van der Waals surface area (Å²) in [6, 6.07) is 0.281. The zero-order chi connectivity index (χ0) is 16.4. The third kappa shape index (κ3) is 4.03. The molecule has 2 unspecified atom stereocenters. The number of hydrogen-bond acceptors (Lipinski definition) is 4. The largest absolute Gasteiger partial charge is 0.339 e. The summed E-state index contributed by atoms with van der Waals surface area (Å²) in [6.07, 6.45) is 2.84. The summed E-state index contributed by atoms with van der Waals surface area (Å²) in [5.41, 5.74) is 0. The average Bonchev–Trinajstić information content (AvgIpc) is 3.23. The number of amides is 2. The van der Waals surface area contributed by atoms with E-state index >= 15 is 0 Å². The van der Waals surface area contributed by atoms with E-state index in [0.717, 1.165) is 65.1 Å². The van der Waals surface area contributed by atoms with Crippen LogP contribution in [0.15, 0.2) is 0 Å². The van der Waals surface area contributed by atoms with E-state index in [-0.39, 0.29) is 36.2 Å². The predicted octanol–water partition coefficient (Wildman–Crippen LogP) is 0.561. The summed E-state index contributed by atoms with van der Waals surface area (Å²) in [5, 5.41) is 3.38. The summed E-state index contributed by atoms with van der Waals surface area (Å²) in [6.45, 7) is 10.5. The van der Waals surface area contributed by atoms with Crippen molar-refractivity contribution in [3.63, 3.8) is 0 Å². The van der Waals surface area contributed by atoms with Crippen LogP contribution < -0.4 is 5.32 Å². The lowest BCUT2D eigenvalue weighted by Gasteiger charge is -2.33. The molecule has 138 valence electrons. The molecule has 0 aromatic rings. The minimum Gasteiger partial charge on any atom is -0.339 e. The van der Waals surface area contributed by atoms with Crippen molar-refractivity contribution in [3.05, 3.63) is 0 Å². The van der Waals surface area contributed by atoms with Crippen LogP contribution in [-0.2, 0) is 9.59 Å². The van der Waals surface area contributed by atoms with Gasteiger partial charge in [-0.15, -0.1) is 12.4 Å². The monoisotopic (exact) mass is 358 g/mol. The molecule has 0 bridgehead atoms. The van der Waals surface area contributed by atoms with Gasteiger partial charge in [-0.25, -0.2) is 0 Å². The molecule has 0 spiro atoms. The Balaban J connectivity index is 0.00000208. The first-order chi connectivity index (χ1) is 11.1. The first-order valence-corrected chi connectivity index (χ1v) is 9.12. The summed E-state index contributed by atoms with van der Waals surface area (Å²) >= 11 is 0. The van der Waals surface area contributed by atoms with E-state index in [1.54, 1.807) is 0 Å². The van der Waals surface area contributed by atoms with Crippen LogP contribution in [0.3, 0.4) is 0 Å². The smallest absolute Gasteiger partial charge is 0.245 e. The highest BCUT2D eigenvalue weighted by atomic mass is 35.5. The first-order valence-electron chi connectivity index (χ1n) is 9.12. The summed E-state index contributed by atoms with van der Waals surface area (Å²) in [5.74, 6) is 0.267. The second-order valence-corrected chi connectivity index (χ2v) is 7.36. The van der Waals surface area contributed by atoms with Gasteiger partial charge in [0.2, 0.25) is 11.8 Å². The van der Waals surface area contributed by atoms with Crippen LogP contribution in [0.25, 0.3) is 0 Å². The number of likely N-dealkylation sites (tertiary alicyclic amines) is 2. The van der Waals surface area contributed by atoms with E-state index in [4.69, 9.17) is 0 Å². The molecule has 3 rings (SSSR count). The van der Waals surface area contributed by atoms with Gasteiger partial charge in [0.05, 0.1) is 0 Å². The van der Waals surface area contributed by atoms with Crippen LogP contribution in [0.2, 0.25) is 0 Å². The number of nitrogens with one attached hydrogen (secondary N) is 1. The maximum absolute atomic E-state index is 12.9. The fourth-order valence-corrected chi connectivity index (χ4v) is 4.12. The maximum atomic E-state index is 12.9. The van der Waals surface area contributed by atoms with E-state index in [1.807, 2.05) is 23.6 Å². The van der Waals surface area contributed by atoms with Gasteiger partial charge in [-0.05, 0) is 19.3 Å². The lowest BCUT2D eigenvalue weighted by atomic mass is 10.1. The van der Waals surface area contributed by atoms with Gasteiger partial charge in [0, 0.05) is 57.8 Å². The minimum atomic E-state index is -0.216. The maximum Gasteiger partial charge on any atom is 0.245 e. The molecule has 7 heteroatoms. The molecule has 0 aromatic carbocycles. The fraction of sp³-hybridized carbons (Fsp3) is 0.882. The SMILES string of the molecule is CC(C)C(=O)N1CCCC1C(=O)N1CCC(N2CCNCC2)C1.Cl. The molecule has 6 nitrogen and oxygen atoms in total. The van der Waals surface area contributed by atoms with Crippen LogP contribution in [0, 0.1) is 5.92 Å². The standard InChI is InChI=1S/C17H30N4O2.ClH/c1-13(2)16(22)21-8-3-4-15(21)17(23)20-9-5-14(12-20)19-10-6-18-7-11-19;/h13-15,18H,3-12H2,1-2H3;1H. The van der Waals surface area contributed by atoms with Crippen LogP contribution in [0.4, 0.5) is 0 Å². The minimum absolute atomic E-state index is 0. The van der Waals surface area contributed by atoms with Crippen molar-refractivity contribution in [2.45, 2.75) is 45.2 Å².